The standard InChI is InChI=1S/C18H18O2/c1-13-6-7-14(2)17(12-13)16-10-8-15(9-11-16)4-3-5-18(19)20/h3-4,6-12H,5H2,1-2H3,(H,19,20)/b4-3+. The van der Waals surface area contributed by atoms with Crippen molar-refractivity contribution in [1.82, 2.24) is 0 Å². The summed E-state index contributed by atoms with van der Waals surface area (Å²) < 4.78 is 0. The highest BCUT2D eigenvalue weighted by Crippen LogP contribution is 2.25. The van der Waals surface area contributed by atoms with Crippen LogP contribution in [0.15, 0.2) is 48.5 Å². The first-order valence-corrected chi connectivity index (χ1v) is 6.62. The van der Waals surface area contributed by atoms with Crippen molar-refractivity contribution >= 4 is 12.0 Å². The van der Waals surface area contributed by atoms with Gasteiger partial charge in [-0.1, -0.05) is 60.2 Å². The molecule has 0 amide bonds. The summed E-state index contributed by atoms with van der Waals surface area (Å²) in [6.07, 6.45) is 3.55. The first kappa shape index (κ1) is 14.1. The SMILES string of the molecule is Cc1ccc(C)c(-c2ccc(/C=C/CC(=O)O)cc2)c1. The molecule has 20 heavy (non-hydrogen) atoms. The highest BCUT2D eigenvalue weighted by Gasteiger charge is 2.01. The molecular formula is C18H18O2. The molecule has 102 valence electrons. The van der Waals surface area contributed by atoms with Gasteiger partial charge in [0.05, 0.1) is 6.42 Å². The van der Waals surface area contributed by atoms with Gasteiger partial charge in [-0.3, -0.25) is 4.79 Å². The summed E-state index contributed by atoms with van der Waals surface area (Å²) in [6, 6.07) is 14.6. The number of carboxylic acids is 1. The van der Waals surface area contributed by atoms with Gasteiger partial charge in [-0.25, -0.2) is 0 Å². The Morgan fingerprint density at radius 2 is 1.80 bits per heavy atom. The Morgan fingerprint density at radius 1 is 1.10 bits per heavy atom. The summed E-state index contributed by atoms with van der Waals surface area (Å²) in [5.41, 5.74) is 5.94. The lowest BCUT2D eigenvalue weighted by molar-refractivity contribution is -0.135. The summed E-state index contributed by atoms with van der Waals surface area (Å²) in [7, 11) is 0. The zero-order valence-electron chi connectivity index (χ0n) is 11.8. The molecule has 0 radical (unpaired) electrons. The molecular weight excluding hydrogens is 248 g/mol. The van der Waals surface area contributed by atoms with E-state index < -0.39 is 5.97 Å². The van der Waals surface area contributed by atoms with Crippen molar-refractivity contribution in [3.8, 4) is 11.1 Å². The number of carboxylic acid groups (broad SMARTS) is 1. The fourth-order valence-corrected chi connectivity index (χ4v) is 2.12. The van der Waals surface area contributed by atoms with Crippen molar-refractivity contribution in [2.45, 2.75) is 20.3 Å². The van der Waals surface area contributed by atoms with Gasteiger partial charge >= 0.3 is 5.97 Å². The molecule has 2 aromatic rings. The molecule has 0 aliphatic heterocycles. The van der Waals surface area contributed by atoms with Gasteiger partial charge < -0.3 is 5.11 Å². The van der Waals surface area contributed by atoms with Gasteiger partial charge in [-0.2, -0.15) is 0 Å². The van der Waals surface area contributed by atoms with E-state index in [1.165, 1.54) is 22.3 Å². The van der Waals surface area contributed by atoms with Crippen LogP contribution in [0.25, 0.3) is 17.2 Å². The number of rotatable bonds is 4. The van der Waals surface area contributed by atoms with Crippen molar-refractivity contribution in [2.24, 2.45) is 0 Å². The molecule has 0 atom stereocenters. The van der Waals surface area contributed by atoms with Gasteiger partial charge in [0.25, 0.3) is 0 Å². The van der Waals surface area contributed by atoms with E-state index in [9.17, 15) is 4.79 Å². The normalized spacial score (nSPS) is 10.9. The first-order chi connectivity index (χ1) is 9.56. The molecule has 1 N–H and O–H groups in total. The number of hydrogen-bond acceptors (Lipinski definition) is 1. The van der Waals surface area contributed by atoms with Crippen molar-refractivity contribution in [3.05, 3.63) is 65.2 Å². The summed E-state index contributed by atoms with van der Waals surface area (Å²) in [6.45, 7) is 4.20. The third-order valence-corrected chi connectivity index (χ3v) is 3.22. The van der Waals surface area contributed by atoms with Crippen molar-refractivity contribution < 1.29 is 9.90 Å². The van der Waals surface area contributed by atoms with Gasteiger partial charge in [-0.15, -0.1) is 0 Å². The van der Waals surface area contributed by atoms with E-state index in [1.807, 2.05) is 18.2 Å². The maximum atomic E-state index is 10.4. The van der Waals surface area contributed by atoms with Crippen molar-refractivity contribution in [1.29, 1.82) is 0 Å². The van der Waals surface area contributed by atoms with Gasteiger partial charge in [0.15, 0.2) is 0 Å². The predicted octanol–water partition coefficient (Wildman–Crippen LogP) is 4.46. The highest BCUT2D eigenvalue weighted by molar-refractivity contribution is 5.72. The molecule has 0 bridgehead atoms. The first-order valence-electron chi connectivity index (χ1n) is 6.62. The fraction of sp³-hybridized carbons (Fsp3) is 0.167. The maximum absolute atomic E-state index is 10.4. The maximum Gasteiger partial charge on any atom is 0.307 e. The Kier molecular flexibility index (Phi) is 4.36. The quantitative estimate of drug-likeness (QED) is 0.887. The van der Waals surface area contributed by atoms with Crippen LogP contribution < -0.4 is 0 Å². The molecule has 2 nitrogen and oxygen atoms in total. The van der Waals surface area contributed by atoms with Gasteiger partial charge in [0, 0.05) is 0 Å². The Morgan fingerprint density at radius 3 is 2.45 bits per heavy atom. The molecule has 0 saturated heterocycles. The second-order valence-electron chi connectivity index (χ2n) is 4.94. The molecule has 2 heteroatoms. The number of aliphatic carboxylic acids is 1. The van der Waals surface area contributed by atoms with Crippen LogP contribution in [0.3, 0.4) is 0 Å². The largest absolute Gasteiger partial charge is 0.481 e. The smallest absolute Gasteiger partial charge is 0.307 e. The fourth-order valence-electron chi connectivity index (χ4n) is 2.12. The van der Waals surface area contributed by atoms with E-state index in [0.29, 0.717) is 0 Å². The summed E-state index contributed by atoms with van der Waals surface area (Å²) in [4.78, 5) is 10.4. The van der Waals surface area contributed by atoms with Crippen molar-refractivity contribution in [3.63, 3.8) is 0 Å². The monoisotopic (exact) mass is 266 g/mol. The third kappa shape index (κ3) is 3.58. The minimum absolute atomic E-state index is 0.0543. The van der Waals surface area contributed by atoms with Crippen LogP contribution >= 0.6 is 0 Å². The molecule has 0 aromatic heterocycles. The third-order valence-electron chi connectivity index (χ3n) is 3.22. The van der Waals surface area contributed by atoms with E-state index in [4.69, 9.17) is 5.11 Å². The molecule has 2 aromatic carbocycles. The summed E-state index contributed by atoms with van der Waals surface area (Å²) >= 11 is 0. The molecule has 0 unspecified atom stereocenters. The Balaban J connectivity index is 2.21. The minimum Gasteiger partial charge on any atom is -0.481 e. The number of carbonyl (C=O) groups is 1. The average molecular weight is 266 g/mol. The van der Waals surface area contributed by atoms with Crippen LogP contribution in [0.4, 0.5) is 0 Å². The van der Waals surface area contributed by atoms with Gasteiger partial charge in [0.2, 0.25) is 0 Å². The van der Waals surface area contributed by atoms with E-state index in [2.05, 4.69) is 44.2 Å². The Hall–Kier alpha value is -2.35. The average Bonchev–Trinajstić information content (AvgIpc) is 2.42. The van der Waals surface area contributed by atoms with E-state index >= 15 is 0 Å². The lowest BCUT2D eigenvalue weighted by Gasteiger charge is -2.07. The number of aryl methyl sites for hydroxylation is 2. The Bertz CT molecular complexity index is 637. The zero-order valence-corrected chi connectivity index (χ0v) is 11.8. The molecule has 2 rings (SSSR count). The number of hydrogen-bond donors (Lipinski definition) is 1. The zero-order chi connectivity index (χ0) is 14.5. The van der Waals surface area contributed by atoms with E-state index in [-0.39, 0.29) is 6.42 Å². The van der Waals surface area contributed by atoms with Gasteiger partial charge in [-0.05, 0) is 36.1 Å². The van der Waals surface area contributed by atoms with Crippen LogP contribution in [0, 0.1) is 13.8 Å². The van der Waals surface area contributed by atoms with E-state index in [1.54, 1.807) is 6.08 Å². The molecule has 0 fully saturated rings. The Labute approximate surface area is 119 Å². The predicted molar refractivity (Wildman–Crippen MR) is 82.6 cm³/mol. The van der Waals surface area contributed by atoms with Crippen LogP contribution in [0.5, 0.6) is 0 Å². The van der Waals surface area contributed by atoms with Gasteiger partial charge in [0.1, 0.15) is 0 Å². The van der Waals surface area contributed by atoms with Crippen LogP contribution in [0.1, 0.15) is 23.1 Å². The summed E-state index contributed by atoms with van der Waals surface area (Å²) in [5, 5.41) is 8.59. The van der Waals surface area contributed by atoms with Crippen LogP contribution in [-0.4, -0.2) is 11.1 Å². The topological polar surface area (TPSA) is 37.3 Å². The minimum atomic E-state index is -0.812. The van der Waals surface area contributed by atoms with E-state index in [0.717, 1.165) is 5.56 Å². The second kappa shape index (κ2) is 6.20. The second-order valence-corrected chi connectivity index (χ2v) is 4.94. The number of benzene rings is 2. The molecule has 0 aliphatic carbocycles. The lowest BCUT2D eigenvalue weighted by atomic mass is 9.97. The molecule has 0 aliphatic rings. The molecule has 0 saturated carbocycles. The summed E-state index contributed by atoms with van der Waals surface area (Å²) in [5.74, 6) is -0.812. The highest BCUT2D eigenvalue weighted by atomic mass is 16.4. The molecule has 0 spiro atoms. The molecule has 0 heterocycles. The lowest BCUT2D eigenvalue weighted by Crippen LogP contribution is -1.89. The van der Waals surface area contributed by atoms with Crippen LogP contribution in [-0.2, 0) is 4.79 Å². The van der Waals surface area contributed by atoms with Crippen molar-refractivity contribution in [2.75, 3.05) is 0 Å². The van der Waals surface area contributed by atoms with Crippen LogP contribution in [0.2, 0.25) is 0 Å².